The average molecular weight is 431 g/mol. The van der Waals surface area contributed by atoms with E-state index in [0.29, 0.717) is 34.9 Å². The highest BCUT2D eigenvalue weighted by Crippen LogP contribution is 2.31. The van der Waals surface area contributed by atoms with E-state index in [2.05, 4.69) is 32.0 Å². The third kappa shape index (κ3) is 4.01. The highest BCUT2D eigenvalue weighted by atomic mass is 16.5. The molecule has 1 atom stereocenters. The van der Waals surface area contributed by atoms with Gasteiger partial charge in [0.25, 0.3) is 5.91 Å². The van der Waals surface area contributed by atoms with Crippen molar-refractivity contribution in [1.82, 2.24) is 25.2 Å². The van der Waals surface area contributed by atoms with Crippen LogP contribution in [0.15, 0.2) is 42.5 Å². The third-order valence-corrected chi connectivity index (χ3v) is 4.96. The van der Waals surface area contributed by atoms with Crippen LogP contribution < -0.4 is 10.1 Å². The second kappa shape index (κ2) is 8.87. The van der Waals surface area contributed by atoms with E-state index < -0.39 is 0 Å². The van der Waals surface area contributed by atoms with Gasteiger partial charge in [0.15, 0.2) is 0 Å². The molecular weight excluding hydrogens is 410 g/mol. The van der Waals surface area contributed by atoms with Crippen molar-refractivity contribution in [3.8, 4) is 23.2 Å². The van der Waals surface area contributed by atoms with Gasteiger partial charge in [0.1, 0.15) is 17.5 Å². The Hall–Kier alpha value is -4.23. The van der Waals surface area contributed by atoms with E-state index in [0.717, 1.165) is 10.9 Å². The van der Waals surface area contributed by atoms with E-state index in [4.69, 9.17) is 9.47 Å². The second-order valence-corrected chi connectivity index (χ2v) is 7.23. The van der Waals surface area contributed by atoms with Gasteiger partial charge in [-0.15, -0.1) is 10.2 Å². The molecule has 0 spiro atoms. The Kier molecular flexibility index (Phi) is 5.83. The molecule has 162 valence electrons. The van der Waals surface area contributed by atoms with Gasteiger partial charge in [-0.2, -0.15) is 10.5 Å². The maximum atomic E-state index is 13.2. The number of nitrogens with one attached hydrogen (secondary N) is 2. The molecule has 0 aliphatic carbocycles. The third-order valence-electron chi connectivity index (χ3n) is 4.96. The number of tetrazole rings is 1. The zero-order chi connectivity index (χ0) is 22.7. The number of ether oxygens (including phenoxy) is 2. The summed E-state index contributed by atoms with van der Waals surface area (Å²) in [6.45, 7) is 2.37. The maximum Gasteiger partial charge on any atom is 0.272 e. The van der Waals surface area contributed by atoms with Crippen LogP contribution in [-0.2, 0) is 11.8 Å². The second-order valence-electron chi connectivity index (χ2n) is 7.23. The number of para-hydroxylation sites is 1. The van der Waals surface area contributed by atoms with Crippen molar-refractivity contribution in [3.05, 3.63) is 53.7 Å². The van der Waals surface area contributed by atoms with E-state index >= 15 is 0 Å². The lowest BCUT2D eigenvalue weighted by molar-refractivity contribution is 0.0928. The Bertz CT molecular complexity index is 1310. The van der Waals surface area contributed by atoms with Crippen molar-refractivity contribution in [2.75, 3.05) is 19.0 Å². The van der Waals surface area contributed by atoms with Gasteiger partial charge in [-0.1, -0.05) is 12.1 Å². The number of methoxy groups -OCH3 is 1. The first kappa shape index (κ1) is 21.0. The topological polar surface area (TPSA) is 131 Å². The standard InChI is InChI=1S/C22H21N7O3/c1-13(12-31-3)32-19-6-4-5-15-10-18(29(2)20(15)19)22(30)24-17-8-7-14(11-23)9-16(17)21-25-27-28-26-21/h4-10,13H,12H2,1-3H3,(H,24,30)(H,25,26,27,28). The van der Waals surface area contributed by atoms with E-state index in [1.807, 2.05) is 32.2 Å². The number of H-pyrrole nitrogens is 1. The van der Waals surface area contributed by atoms with Crippen LogP contribution >= 0.6 is 0 Å². The largest absolute Gasteiger partial charge is 0.486 e. The number of amides is 1. The van der Waals surface area contributed by atoms with E-state index in [9.17, 15) is 10.1 Å². The summed E-state index contributed by atoms with van der Waals surface area (Å²) >= 11 is 0. The van der Waals surface area contributed by atoms with Gasteiger partial charge >= 0.3 is 0 Å². The van der Waals surface area contributed by atoms with E-state index in [-0.39, 0.29) is 17.8 Å². The van der Waals surface area contributed by atoms with Crippen LogP contribution in [0.1, 0.15) is 23.0 Å². The number of carbonyl (C=O) groups is 1. The van der Waals surface area contributed by atoms with Gasteiger partial charge in [0.2, 0.25) is 5.82 Å². The number of nitrogens with zero attached hydrogens (tertiary/aromatic N) is 5. The van der Waals surface area contributed by atoms with Crippen molar-refractivity contribution >= 4 is 22.5 Å². The summed E-state index contributed by atoms with van der Waals surface area (Å²) < 4.78 is 13.0. The molecule has 0 aliphatic rings. The molecule has 32 heavy (non-hydrogen) atoms. The van der Waals surface area contributed by atoms with Gasteiger partial charge in [-0.25, -0.2) is 0 Å². The SMILES string of the molecule is COCC(C)Oc1cccc2cc(C(=O)Nc3ccc(C#N)cc3-c3nn[nH]n3)n(C)c12. The minimum absolute atomic E-state index is 0.144. The summed E-state index contributed by atoms with van der Waals surface area (Å²) in [6.07, 6.45) is -0.144. The molecule has 1 unspecified atom stereocenters. The highest BCUT2D eigenvalue weighted by molar-refractivity contribution is 6.08. The number of aromatic nitrogens is 5. The van der Waals surface area contributed by atoms with Crippen LogP contribution in [0.2, 0.25) is 0 Å². The maximum absolute atomic E-state index is 13.2. The van der Waals surface area contributed by atoms with Crippen molar-refractivity contribution in [2.24, 2.45) is 7.05 Å². The van der Waals surface area contributed by atoms with Crippen LogP contribution in [0.3, 0.4) is 0 Å². The van der Waals surface area contributed by atoms with Crippen LogP contribution in [0, 0.1) is 11.3 Å². The molecule has 2 aromatic heterocycles. The first-order valence-electron chi connectivity index (χ1n) is 9.85. The van der Waals surface area contributed by atoms with Crippen molar-refractivity contribution in [3.63, 3.8) is 0 Å². The quantitative estimate of drug-likeness (QED) is 0.460. The van der Waals surface area contributed by atoms with Crippen LogP contribution in [0.5, 0.6) is 5.75 Å². The number of aromatic amines is 1. The predicted octanol–water partition coefficient (Wildman–Crippen LogP) is 2.90. The first-order valence-corrected chi connectivity index (χ1v) is 9.85. The first-order chi connectivity index (χ1) is 15.5. The highest BCUT2D eigenvalue weighted by Gasteiger charge is 2.19. The number of nitriles is 1. The lowest BCUT2D eigenvalue weighted by Crippen LogP contribution is -2.19. The Morgan fingerprint density at radius 1 is 1.31 bits per heavy atom. The summed E-state index contributed by atoms with van der Waals surface area (Å²) in [4.78, 5) is 13.2. The molecule has 0 aliphatic heterocycles. The number of anilines is 1. The van der Waals surface area contributed by atoms with Gasteiger partial charge in [-0.3, -0.25) is 4.79 Å². The molecule has 0 saturated carbocycles. The van der Waals surface area contributed by atoms with Gasteiger partial charge < -0.3 is 19.4 Å². The Morgan fingerprint density at radius 3 is 2.88 bits per heavy atom. The molecule has 10 heteroatoms. The van der Waals surface area contributed by atoms with Crippen molar-refractivity contribution in [1.29, 1.82) is 5.26 Å². The van der Waals surface area contributed by atoms with E-state index in [1.165, 1.54) is 0 Å². The minimum Gasteiger partial charge on any atom is -0.486 e. The number of fused-ring (bicyclic) bond motifs is 1. The summed E-state index contributed by atoms with van der Waals surface area (Å²) in [7, 11) is 3.43. The molecule has 1 amide bonds. The van der Waals surface area contributed by atoms with Crippen LogP contribution in [-0.4, -0.2) is 50.9 Å². The number of carbonyl (C=O) groups excluding carboxylic acids is 1. The molecule has 2 heterocycles. The monoisotopic (exact) mass is 431 g/mol. The summed E-state index contributed by atoms with van der Waals surface area (Å²) in [5.74, 6) is 0.616. The molecule has 10 nitrogen and oxygen atoms in total. The molecule has 2 N–H and O–H groups in total. The molecule has 4 aromatic rings. The van der Waals surface area contributed by atoms with Gasteiger partial charge in [-0.05, 0) is 42.5 Å². The van der Waals surface area contributed by atoms with Crippen LogP contribution in [0.4, 0.5) is 5.69 Å². The van der Waals surface area contributed by atoms with Crippen molar-refractivity contribution < 1.29 is 14.3 Å². The minimum atomic E-state index is -0.325. The fourth-order valence-corrected chi connectivity index (χ4v) is 3.55. The normalized spacial score (nSPS) is 11.8. The summed E-state index contributed by atoms with van der Waals surface area (Å²) in [5.41, 5.74) is 2.62. The number of hydrogen-bond donors (Lipinski definition) is 2. The van der Waals surface area contributed by atoms with E-state index in [1.54, 1.807) is 35.9 Å². The molecule has 0 bridgehead atoms. The van der Waals surface area contributed by atoms with Gasteiger partial charge in [0.05, 0.1) is 29.4 Å². The lowest BCUT2D eigenvalue weighted by atomic mass is 10.1. The molecule has 4 rings (SSSR count). The summed E-state index contributed by atoms with van der Waals surface area (Å²) in [5, 5.41) is 26.9. The molecule has 0 radical (unpaired) electrons. The molecule has 0 fully saturated rings. The van der Waals surface area contributed by atoms with Gasteiger partial charge in [0, 0.05) is 25.1 Å². The fourth-order valence-electron chi connectivity index (χ4n) is 3.55. The number of rotatable bonds is 7. The summed E-state index contributed by atoms with van der Waals surface area (Å²) in [6, 6.07) is 14.4. The smallest absolute Gasteiger partial charge is 0.272 e. The molecule has 2 aromatic carbocycles. The lowest BCUT2D eigenvalue weighted by Gasteiger charge is -2.15. The average Bonchev–Trinajstić information content (AvgIpc) is 3.43. The zero-order valence-electron chi connectivity index (χ0n) is 17.8. The Balaban J connectivity index is 1.69. The van der Waals surface area contributed by atoms with Crippen molar-refractivity contribution in [2.45, 2.75) is 13.0 Å². The molecule has 0 saturated heterocycles. The van der Waals surface area contributed by atoms with Crippen LogP contribution in [0.25, 0.3) is 22.3 Å². The fraction of sp³-hybridized carbons (Fsp3) is 0.227. The Morgan fingerprint density at radius 2 is 2.16 bits per heavy atom. The molecular formula is C22H21N7O3. The number of aryl methyl sites for hydroxylation is 1. The predicted molar refractivity (Wildman–Crippen MR) is 117 cm³/mol. The zero-order valence-corrected chi connectivity index (χ0v) is 17.8. The number of hydrogen-bond acceptors (Lipinski definition) is 7. The number of benzene rings is 2. The Labute approximate surface area is 183 Å².